The van der Waals surface area contributed by atoms with Gasteiger partial charge in [-0.25, -0.2) is 4.39 Å². The third-order valence-electron chi connectivity index (χ3n) is 3.60. The van der Waals surface area contributed by atoms with Crippen molar-refractivity contribution in [3.63, 3.8) is 0 Å². The van der Waals surface area contributed by atoms with Crippen molar-refractivity contribution in [3.05, 3.63) is 34.1 Å². The fourth-order valence-corrected chi connectivity index (χ4v) is 2.73. The molecule has 1 aromatic carbocycles. The Balaban J connectivity index is 2.09. The lowest BCUT2D eigenvalue weighted by Crippen LogP contribution is -2.53. The number of carbonyl (C=O) groups excluding carboxylic acids is 1. The van der Waals surface area contributed by atoms with Gasteiger partial charge in [0.25, 0.3) is 0 Å². The molecule has 0 spiro atoms. The number of carbonyl (C=O) groups is 1. The van der Waals surface area contributed by atoms with Crippen molar-refractivity contribution in [2.75, 3.05) is 33.7 Å². The normalized spacial score (nSPS) is 21.6. The first-order chi connectivity index (χ1) is 8.97. The Morgan fingerprint density at radius 3 is 2.89 bits per heavy atom. The lowest BCUT2D eigenvalue weighted by atomic mass is 10.0. The van der Waals surface area contributed by atoms with Crippen LogP contribution in [0, 0.1) is 5.82 Å². The van der Waals surface area contributed by atoms with E-state index in [2.05, 4.69) is 25.7 Å². The second-order valence-corrected chi connectivity index (χ2v) is 5.99. The molecule has 1 fully saturated rings. The first-order valence-electron chi connectivity index (χ1n) is 6.33. The molecule has 0 aromatic heterocycles. The molecule has 19 heavy (non-hydrogen) atoms. The molecule has 0 bridgehead atoms. The molecule has 0 aliphatic carbocycles. The van der Waals surface area contributed by atoms with Gasteiger partial charge in [-0.05, 0) is 37.9 Å². The number of hydrogen-bond donors (Lipinski definition) is 0. The molecule has 5 heteroatoms. The van der Waals surface area contributed by atoms with Gasteiger partial charge in [-0.3, -0.25) is 9.69 Å². The van der Waals surface area contributed by atoms with Crippen LogP contribution in [-0.2, 0) is 11.2 Å². The number of Topliss-reactive ketones (excluding diaryl/α,β-unsaturated/α-hetero) is 1. The first-order valence-corrected chi connectivity index (χ1v) is 7.12. The lowest BCUT2D eigenvalue weighted by molar-refractivity contribution is -0.125. The summed E-state index contributed by atoms with van der Waals surface area (Å²) in [6, 6.07) is 4.36. The van der Waals surface area contributed by atoms with Crippen molar-refractivity contribution in [2.24, 2.45) is 0 Å². The number of nitrogens with zero attached hydrogens (tertiary/aromatic N) is 2. The third kappa shape index (κ3) is 3.61. The maximum atomic E-state index is 13.2. The predicted molar refractivity (Wildman–Crippen MR) is 76.7 cm³/mol. The van der Waals surface area contributed by atoms with Crippen LogP contribution in [0.3, 0.4) is 0 Å². The molecular weight excluding hydrogens is 311 g/mol. The lowest BCUT2D eigenvalue weighted by Gasteiger charge is -2.36. The zero-order valence-corrected chi connectivity index (χ0v) is 12.8. The van der Waals surface area contributed by atoms with Gasteiger partial charge < -0.3 is 4.90 Å². The Bertz CT molecular complexity index is 481. The fraction of sp³-hybridized carbons (Fsp3) is 0.500. The molecule has 1 aromatic rings. The minimum atomic E-state index is -0.305. The van der Waals surface area contributed by atoms with Crippen molar-refractivity contribution in [3.8, 4) is 0 Å². The maximum Gasteiger partial charge on any atom is 0.155 e. The Hall–Kier alpha value is -0.780. The molecule has 1 heterocycles. The van der Waals surface area contributed by atoms with E-state index in [-0.39, 0.29) is 24.1 Å². The van der Waals surface area contributed by atoms with E-state index in [1.165, 1.54) is 12.1 Å². The van der Waals surface area contributed by atoms with Gasteiger partial charge in [0.05, 0.1) is 6.04 Å². The highest BCUT2D eigenvalue weighted by Gasteiger charge is 2.28. The molecule has 3 nitrogen and oxygen atoms in total. The highest BCUT2D eigenvalue weighted by atomic mass is 79.9. The molecule has 1 aliphatic heterocycles. The predicted octanol–water partition coefficient (Wildman–Crippen LogP) is 1.95. The van der Waals surface area contributed by atoms with Gasteiger partial charge in [0.1, 0.15) is 5.82 Å². The standard InChI is InChI=1S/C14H18BrFN2O/c1-17-5-6-18(2)13(9-17)14(19)8-10-7-11(16)3-4-12(10)15/h3-4,7,13H,5-6,8-9H2,1-2H3. The zero-order chi connectivity index (χ0) is 14.0. The molecule has 0 saturated carbocycles. The number of hydrogen-bond acceptors (Lipinski definition) is 3. The summed E-state index contributed by atoms with van der Waals surface area (Å²) in [6.07, 6.45) is 0.265. The highest BCUT2D eigenvalue weighted by Crippen LogP contribution is 2.20. The second kappa shape index (κ2) is 6.11. The third-order valence-corrected chi connectivity index (χ3v) is 4.37. The molecule has 0 N–H and O–H groups in total. The second-order valence-electron chi connectivity index (χ2n) is 5.14. The Morgan fingerprint density at radius 2 is 2.16 bits per heavy atom. The van der Waals surface area contributed by atoms with Gasteiger partial charge in [-0.2, -0.15) is 0 Å². The highest BCUT2D eigenvalue weighted by molar-refractivity contribution is 9.10. The van der Waals surface area contributed by atoms with E-state index in [9.17, 15) is 9.18 Å². The van der Waals surface area contributed by atoms with Gasteiger partial charge in [0, 0.05) is 30.5 Å². The molecule has 1 saturated heterocycles. The molecule has 104 valence electrons. The topological polar surface area (TPSA) is 23.6 Å². The van der Waals surface area contributed by atoms with Crippen LogP contribution in [0.5, 0.6) is 0 Å². The van der Waals surface area contributed by atoms with Crippen molar-refractivity contribution in [2.45, 2.75) is 12.5 Å². The number of piperazine rings is 1. The van der Waals surface area contributed by atoms with Crippen LogP contribution in [0.15, 0.2) is 22.7 Å². The van der Waals surface area contributed by atoms with Crippen molar-refractivity contribution < 1.29 is 9.18 Å². The first kappa shape index (κ1) is 14.6. The molecule has 1 aliphatic rings. The summed E-state index contributed by atoms with van der Waals surface area (Å²) in [5.41, 5.74) is 0.714. The molecule has 1 atom stereocenters. The Labute approximate surface area is 121 Å². The average Bonchev–Trinajstić information content (AvgIpc) is 2.36. The van der Waals surface area contributed by atoms with Crippen molar-refractivity contribution in [1.82, 2.24) is 9.80 Å². The van der Waals surface area contributed by atoms with Crippen LogP contribution in [0.25, 0.3) is 0 Å². The van der Waals surface area contributed by atoms with Crippen LogP contribution >= 0.6 is 15.9 Å². The van der Waals surface area contributed by atoms with E-state index in [0.717, 1.165) is 24.1 Å². The summed E-state index contributed by atoms with van der Waals surface area (Å²) >= 11 is 3.37. The van der Waals surface area contributed by atoms with Crippen LogP contribution in [0.4, 0.5) is 4.39 Å². The van der Waals surface area contributed by atoms with E-state index < -0.39 is 0 Å². The number of ketones is 1. The van der Waals surface area contributed by atoms with Gasteiger partial charge in [-0.1, -0.05) is 15.9 Å². The number of likely N-dealkylation sites (N-methyl/N-ethyl adjacent to an activating group) is 2. The fourth-order valence-electron chi connectivity index (χ4n) is 2.34. The summed E-state index contributed by atoms with van der Waals surface area (Å²) in [5, 5.41) is 0. The zero-order valence-electron chi connectivity index (χ0n) is 11.2. The van der Waals surface area contributed by atoms with Crippen molar-refractivity contribution in [1.29, 1.82) is 0 Å². The molecule has 2 rings (SSSR count). The summed E-state index contributed by atoms with van der Waals surface area (Å²) in [5.74, 6) is -0.166. The number of rotatable bonds is 3. The Kier molecular flexibility index (Phi) is 4.71. The Morgan fingerprint density at radius 1 is 1.42 bits per heavy atom. The van der Waals surface area contributed by atoms with Gasteiger partial charge >= 0.3 is 0 Å². The molecule has 1 unspecified atom stereocenters. The summed E-state index contributed by atoms with van der Waals surface area (Å²) in [7, 11) is 3.99. The minimum Gasteiger partial charge on any atom is -0.303 e. The molecule has 0 amide bonds. The molecular formula is C14H18BrFN2O. The van der Waals surface area contributed by atoms with Gasteiger partial charge in [-0.15, -0.1) is 0 Å². The van der Waals surface area contributed by atoms with Gasteiger partial charge in [0.2, 0.25) is 0 Å². The quantitative estimate of drug-likeness (QED) is 0.847. The van der Waals surface area contributed by atoms with E-state index in [4.69, 9.17) is 0 Å². The van der Waals surface area contributed by atoms with Gasteiger partial charge in [0.15, 0.2) is 5.78 Å². The van der Waals surface area contributed by atoms with E-state index in [1.807, 2.05) is 14.1 Å². The molecule has 0 radical (unpaired) electrons. The maximum absolute atomic E-state index is 13.2. The number of benzene rings is 1. The van der Waals surface area contributed by atoms with Crippen LogP contribution in [0.2, 0.25) is 0 Å². The summed E-state index contributed by atoms with van der Waals surface area (Å²) in [4.78, 5) is 16.6. The summed E-state index contributed by atoms with van der Waals surface area (Å²) < 4.78 is 14.0. The minimum absolute atomic E-state index is 0.103. The van der Waals surface area contributed by atoms with E-state index in [0.29, 0.717) is 5.56 Å². The average molecular weight is 329 g/mol. The smallest absolute Gasteiger partial charge is 0.155 e. The van der Waals surface area contributed by atoms with Crippen LogP contribution in [-0.4, -0.2) is 55.4 Å². The monoisotopic (exact) mass is 328 g/mol. The van der Waals surface area contributed by atoms with Crippen LogP contribution < -0.4 is 0 Å². The SMILES string of the molecule is CN1CCN(C)C(C(=O)Cc2cc(F)ccc2Br)C1. The van der Waals surface area contributed by atoms with Crippen molar-refractivity contribution >= 4 is 21.7 Å². The number of halogens is 2. The largest absolute Gasteiger partial charge is 0.303 e. The van der Waals surface area contributed by atoms with Crippen LogP contribution in [0.1, 0.15) is 5.56 Å². The van der Waals surface area contributed by atoms with E-state index >= 15 is 0 Å². The van der Waals surface area contributed by atoms with E-state index in [1.54, 1.807) is 6.07 Å². The summed E-state index contributed by atoms with van der Waals surface area (Å²) in [6.45, 7) is 2.60.